The molecule has 1 aliphatic rings. The molecule has 1 saturated heterocycles. The predicted molar refractivity (Wildman–Crippen MR) is 141 cm³/mol. The van der Waals surface area contributed by atoms with Gasteiger partial charge in [-0.15, -0.1) is 11.8 Å². The average Bonchev–Trinajstić information content (AvgIpc) is 3.35. The van der Waals surface area contributed by atoms with Crippen molar-refractivity contribution in [3.05, 3.63) is 64.2 Å². The van der Waals surface area contributed by atoms with Crippen molar-refractivity contribution in [2.24, 2.45) is 0 Å². The third-order valence-electron chi connectivity index (χ3n) is 5.31. The van der Waals surface area contributed by atoms with Gasteiger partial charge >= 0.3 is 0 Å². The minimum atomic E-state index is -0.364. The van der Waals surface area contributed by atoms with E-state index in [1.165, 1.54) is 12.1 Å². The Kier molecular flexibility index (Phi) is 7.10. The van der Waals surface area contributed by atoms with Gasteiger partial charge in [-0.1, -0.05) is 54.5 Å². The molecule has 0 atom stereocenters. The summed E-state index contributed by atoms with van der Waals surface area (Å²) in [5.41, 5.74) is 3.99. The Labute approximate surface area is 221 Å². The molecule has 1 fully saturated rings. The number of benzene rings is 2. The van der Waals surface area contributed by atoms with Crippen LogP contribution >= 0.6 is 46.3 Å². The van der Waals surface area contributed by atoms with Gasteiger partial charge in [0.1, 0.15) is 17.7 Å². The second kappa shape index (κ2) is 10.1. The van der Waals surface area contributed by atoms with Crippen molar-refractivity contribution in [2.75, 3.05) is 13.2 Å². The number of aryl methyl sites for hydroxylation is 1. The lowest BCUT2D eigenvalue weighted by atomic mass is 10.1. The summed E-state index contributed by atoms with van der Waals surface area (Å²) < 4.78 is 28.2. The van der Waals surface area contributed by atoms with Crippen LogP contribution in [0, 0.1) is 12.7 Å². The van der Waals surface area contributed by atoms with Gasteiger partial charge in [0.05, 0.1) is 38.9 Å². The minimum absolute atomic E-state index is 0.0412. The van der Waals surface area contributed by atoms with E-state index in [0.717, 1.165) is 26.7 Å². The molecule has 35 heavy (non-hydrogen) atoms. The van der Waals surface area contributed by atoms with E-state index in [-0.39, 0.29) is 11.9 Å². The molecular weight excluding hydrogens is 528 g/mol. The van der Waals surface area contributed by atoms with E-state index in [0.29, 0.717) is 45.0 Å². The number of thioether (sulfide) groups is 1. The Bertz CT molecular complexity index is 1390. The van der Waals surface area contributed by atoms with Gasteiger partial charge < -0.3 is 9.47 Å². The van der Waals surface area contributed by atoms with Crippen molar-refractivity contribution >= 4 is 46.3 Å². The predicted octanol–water partition coefficient (Wildman–Crippen LogP) is 7.70. The normalized spacial score (nSPS) is 13.9. The summed E-state index contributed by atoms with van der Waals surface area (Å²) in [6, 6.07) is 10.2. The molecule has 0 amide bonds. The molecule has 182 valence electrons. The maximum atomic E-state index is 14.4. The Balaban J connectivity index is 1.52. The van der Waals surface area contributed by atoms with Gasteiger partial charge in [-0.2, -0.15) is 5.10 Å². The van der Waals surface area contributed by atoms with Gasteiger partial charge in [0.15, 0.2) is 0 Å². The summed E-state index contributed by atoms with van der Waals surface area (Å²) in [7, 11) is 0. The third kappa shape index (κ3) is 5.37. The summed E-state index contributed by atoms with van der Waals surface area (Å²) in [5.74, 6) is 0.115. The molecule has 5 rings (SSSR count). The first kappa shape index (κ1) is 24.6. The number of hydrogen-bond donors (Lipinski definition) is 0. The molecule has 0 spiro atoms. The van der Waals surface area contributed by atoms with Gasteiger partial charge in [-0.25, -0.2) is 14.1 Å². The topological polar surface area (TPSA) is 49.2 Å². The first-order valence-corrected chi connectivity index (χ1v) is 13.5. The number of aromatic nitrogens is 3. The van der Waals surface area contributed by atoms with Gasteiger partial charge in [0, 0.05) is 28.6 Å². The van der Waals surface area contributed by atoms with Crippen LogP contribution in [0.1, 0.15) is 19.5 Å². The molecule has 0 aliphatic carbocycles. The van der Waals surface area contributed by atoms with E-state index in [9.17, 15) is 4.39 Å². The molecule has 5 nitrogen and oxygen atoms in total. The van der Waals surface area contributed by atoms with Crippen molar-refractivity contribution in [1.29, 1.82) is 0 Å². The van der Waals surface area contributed by atoms with E-state index in [1.807, 2.05) is 31.3 Å². The quantitative estimate of drug-likeness (QED) is 0.221. The summed E-state index contributed by atoms with van der Waals surface area (Å²) >= 11 is 15.7. The number of ether oxygens (including phenoxy) is 2. The Morgan fingerprint density at radius 3 is 2.63 bits per heavy atom. The van der Waals surface area contributed by atoms with E-state index in [2.05, 4.69) is 18.9 Å². The molecule has 0 N–H and O–H groups in total. The van der Waals surface area contributed by atoms with Gasteiger partial charge in [0.25, 0.3) is 0 Å². The Morgan fingerprint density at radius 1 is 1.14 bits per heavy atom. The molecule has 4 aromatic rings. The Hall–Kier alpha value is -2.10. The smallest absolute Gasteiger partial charge is 0.211 e. The van der Waals surface area contributed by atoms with E-state index < -0.39 is 0 Å². The first-order valence-electron chi connectivity index (χ1n) is 11.0. The van der Waals surface area contributed by atoms with Crippen molar-refractivity contribution in [2.45, 2.75) is 36.3 Å². The molecule has 2 aromatic carbocycles. The summed E-state index contributed by atoms with van der Waals surface area (Å²) in [6.45, 7) is 7.21. The van der Waals surface area contributed by atoms with Crippen molar-refractivity contribution in [3.8, 4) is 33.3 Å². The second-order valence-corrected chi connectivity index (χ2v) is 12.1. The summed E-state index contributed by atoms with van der Waals surface area (Å²) in [4.78, 5) is 4.90. The van der Waals surface area contributed by atoms with E-state index >= 15 is 0 Å². The lowest BCUT2D eigenvalue weighted by Gasteiger charge is -2.26. The highest BCUT2D eigenvalue weighted by molar-refractivity contribution is 8.01. The fraction of sp³-hybridized carbons (Fsp3) is 0.280. The molecule has 0 radical (unpaired) electrons. The highest BCUT2D eigenvalue weighted by Crippen LogP contribution is 2.41. The standard InChI is InChI=1S/C25H22Cl2FN3O2S2/c1-13(2)34-24-23(15-4-5-21(26)22(27)8-15)29-25(35-24)31-10-20(14(3)30-31)16-6-17(28)9-18(7-16)33-19-11-32-12-19/h4-10,13,19H,11-12H2,1-3H3. The zero-order valence-electron chi connectivity index (χ0n) is 19.2. The number of rotatable bonds is 7. The third-order valence-corrected chi connectivity index (χ3v) is 8.30. The van der Waals surface area contributed by atoms with Crippen LogP contribution in [0.3, 0.4) is 0 Å². The lowest BCUT2D eigenvalue weighted by molar-refractivity contribution is -0.0797. The fourth-order valence-electron chi connectivity index (χ4n) is 3.62. The molecule has 10 heteroatoms. The van der Waals surface area contributed by atoms with Crippen molar-refractivity contribution < 1.29 is 13.9 Å². The van der Waals surface area contributed by atoms with Gasteiger partial charge in [-0.3, -0.25) is 0 Å². The molecular formula is C25H22Cl2FN3O2S2. The molecule has 0 unspecified atom stereocenters. The second-order valence-electron chi connectivity index (χ2n) is 8.45. The van der Waals surface area contributed by atoms with Gasteiger partial charge in [-0.05, 0) is 36.8 Å². The first-order chi connectivity index (χ1) is 16.8. The molecule has 0 saturated carbocycles. The maximum absolute atomic E-state index is 14.4. The number of nitrogens with zero attached hydrogens (tertiary/aromatic N) is 3. The van der Waals surface area contributed by atoms with Crippen LogP contribution in [0.4, 0.5) is 4.39 Å². The van der Waals surface area contributed by atoms with E-state index in [4.69, 9.17) is 37.7 Å². The van der Waals surface area contributed by atoms with Crippen LogP contribution in [0.15, 0.2) is 46.8 Å². The van der Waals surface area contributed by atoms with Crippen molar-refractivity contribution in [3.63, 3.8) is 0 Å². The Morgan fingerprint density at radius 2 is 1.94 bits per heavy atom. The van der Waals surface area contributed by atoms with Crippen LogP contribution in [0.25, 0.3) is 27.5 Å². The molecule has 0 bridgehead atoms. The molecule has 3 heterocycles. The van der Waals surface area contributed by atoms with Crippen LogP contribution in [-0.4, -0.2) is 39.3 Å². The van der Waals surface area contributed by atoms with Crippen LogP contribution in [-0.2, 0) is 4.74 Å². The zero-order valence-corrected chi connectivity index (χ0v) is 22.4. The van der Waals surface area contributed by atoms with Crippen LogP contribution in [0.2, 0.25) is 10.0 Å². The largest absolute Gasteiger partial charge is 0.485 e. The summed E-state index contributed by atoms with van der Waals surface area (Å²) in [6.07, 6.45) is 1.84. The number of thiazole rings is 1. The van der Waals surface area contributed by atoms with Crippen molar-refractivity contribution in [1.82, 2.24) is 14.8 Å². The SMILES string of the molecule is Cc1nn(-c2nc(-c3ccc(Cl)c(Cl)c3)c(SC(C)C)s2)cc1-c1cc(F)cc(OC2COC2)c1. The molecule has 2 aromatic heterocycles. The van der Waals surface area contributed by atoms with E-state index in [1.54, 1.807) is 33.8 Å². The highest BCUT2D eigenvalue weighted by Gasteiger charge is 2.22. The minimum Gasteiger partial charge on any atom is -0.485 e. The fourth-order valence-corrected chi connectivity index (χ4v) is 6.36. The monoisotopic (exact) mass is 549 g/mol. The van der Waals surface area contributed by atoms with Gasteiger partial charge in [0.2, 0.25) is 5.13 Å². The molecule has 1 aliphatic heterocycles. The number of hydrogen-bond acceptors (Lipinski definition) is 6. The highest BCUT2D eigenvalue weighted by atomic mass is 35.5. The summed E-state index contributed by atoms with van der Waals surface area (Å²) in [5, 5.41) is 6.75. The zero-order chi connectivity index (χ0) is 24.7. The lowest BCUT2D eigenvalue weighted by Crippen LogP contribution is -2.38. The maximum Gasteiger partial charge on any atom is 0.211 e. The van der Waals surface area contributed by atoms with Crippen LogP contribution in [0.5, 0.6) is 5.75 Å². The number of halogens is 3. The average molecular weight is 551 g/mol. The van der Waals surface area contributed by atoms with Crippen LogP contribution < -0.4 is 4.74 Å².